The molecule has 0 fully saturated rings. The Kier molecular flexibility index (Phi) is 21.7. The Labute approximate surface area is 157 Å². The van der Waals surface area contributed by atoms with Crippen LogP contribution in [0.25, 0.3) is 0 Å². The van der Waals surface area contributed by atoms with Gasteiger partial charge in [0, 0.05) is 19.3 Å². The zero-order valence-corrected chi connectivity index (χ0v) is 16.7. The minimum Gasteiger partial charge on any atom is -0.303 e. The molecule has 0 aromatic carbocycles. The number of carbonyl (C=O) groups excluding carboxylic acids is 1. The van der Waals surface area contributed by atoms with E-state index in [-0.39, 0.29) is 0 Å². The summed E-state index contributed by atoms with van der Waals surface area (Å²) in [4.78, 5) is 10.2. The van der Waals surface area contributed by atoms with Crippen molar-refractivity contribution >= 4 is 6.29 Å². The summed E-state index contributed by atoms with van der Waals surface area (Å²) in [6.45, 7) is 2.27. The van der Waals surface area contributed by atoms with Gasteiger partial charge in [0.1, 0.15) is 6.29 Å². The van der Waals surface area contributed by atoms with Crippen LogP contribution in [-0.4, -0.2) is 6.29 Å². The van der Waals surface area contributed by atoms with Crippen molar-refractivity contribution in [2.24, 2.45) is 0 Å². The molecular weight excluding hydrogens is 304 g/mol. The van der Waals surface area contributed by atoms with Crippen molar-refractivity contribution in [1.82, 2.24) is 0 Å². The van der Waals surface area contributed by atoms with E-state index in [1.165, 1.54) is 89.9 Å². The smallest absolute Gasteiger partial charge is 0.119 e. The first-order chi connectivity index (χ1) is 12.4. The van der Waals surface area contributed by atoms with Crippen LogP contribution in [0.4, 0.5) is 0 Å². The molecule has 0 radical (unpaired) electrons. The molecule has 0 aliphatic carbocycles. The van der Waals surface area contributed by atoms with Gasteiger partial charge in [0.05, 0.1) is 0 Å². The summed E-state index contributed by atoms with van der Waals surface area (Å²) in [5.41, 5.74) is 0. The Morgan fingerprint density at radius 2 is 0.960 bits per heavy atom. The van der Waals surface area contributed by atoms with Crippen molar-refractivity contribution in [1.29, 1.82) is 0 Å². The van der Waals surface area contributed by atoms with E-state index >= 15 is 0 Å². The first kappa shape index (κ1) is 23.8. The standard InChI is InChI=1S/C24H40O/c1-2-3-4-5-6-7-8-9-10-11-12-13-14-15-16-17-18-19-20-21-22-23-24-25/h24H,2-10,15-23H2,1H3. The van der Waals surface area contributed by atoms with Gasteiger partial charge in [0.25, 0.3) is 0 Å². The summed E-state index contributed by atoms with van der Waals surface area (Å²) in [5.74, 6) is 12.3. The Bertz CT molecular complexity index is 388. The van der Waals surface area contributed by atoms with E-state index in [9.17, 15) is 4.79 Å². The van der Waals surface area contributed by atoms with Gasteiger partial charge >= 0.3 is 0 Å². The molecule has 0 heterocycles. The third-order valence-electron chi connectivity index (χ3n) is 4.52. The lowest BCUT2D eigenvalue weighted by Crippen LogP contribution is -1.81. The van der Waals surface area contributed by atoms with Gasteiger partial charge in [-0.2, -0.15) is 0 Å². The van der Waals surface area contributed by atoms with Gasteiger partial charge in [-0.05, 0) is 31.1 Å². The van der Waals surface area contributed by atoms with Crippen molar-refractivity contribution in [2.45, 2.75) is 122 Å². The average Bonchev–Trinajstić information content (AvgIpc) is 2.63. The van der Waals surface area contributed by atoms with Crippen molar-refractivity contribution in [3.63, 3.8) is 0 Å². The van der Waals surface area contributed by atoms with Gasteiger partial charge in [-0.1, -0.05) is 95.8 Å². The third-order valence-corrected chi connectivity index (χ3v) is 4.52. The number of carbonyl (C=O) groups is 1. The maximum atomic E-state index is 10.2. The van der Waals surface area contributed by atoms with Crippen LogP contribution in [0.5, 0.6) is 0 Å². The number of aldehydes is 1. The predicted octanol–water partition coefficient (Wildman–Crippen LogP) is 7.23. The first-order valence-electron chi connectivity index (χ1n) is 10.8. The van der Waals surface area contributed by atoms with E-state index < -0.39 is 0 Å². The monoisotopic (exact) mass is 344 g/mol. The van der Waals surface area contributed by atoms with Crippen LogP contribution >= 0.6 is 0 Å². The maximum absolute atomic E-state index is 10.2. The molecular formula is C24H40O. The molecule has 0 aliphatic heterocycles. The topological polar surface area (TPSA) is 17.1 Å². The number of hydrogen-bond acceptors (Lipinski definition) is 1. The largest absolute Gasteiger partial charge is 0.303 e. The molecule has 0 aromatic heterocycles. The van der Waals surface area contributed by atoms with Crippen molar-refractivity contribution < 1.29 is 4.79 Å². The number of hydrogen-bond donors (Lipinski definition) is 0. The third kappa shape index (κ3) is 22.8. The Balaban J connectivity index is 3.23. The molecule has 0 bridgehead atoms. The molecule has 25 heavy (non-hydrogen) atoms. The van der Waals surface area contributed by atoms with Crippen LogP contribution in [0.3, 0.4) is 0 Å². The number of rotatable bonds is 17. The normalized spacial score (nSPS) is 9.80. The predicted molar refractivity (Wildman–Crippen MR) is 110 cm³/mol. The lowest BCUT2D eigenvalue weighted by Gasteiger charge is -1.99. The second kappa shape index (κ2) is 22.8. The minimum atomic E-state index is 0.732. The van der Waals surface area contributed by atoms with Gasteiger partial charge in [-0.3, -0.25) is 0 Å². The van der Waals surface area contributed by atoms with E-state index in [1.54, 1.807) is 0 Å². The highest BCUT2D eigenvalue weighted by Crippen LogP contribution is 2.09. The summed E-state index contributed by atoms with van der Waals surface area (Å²) in [5, 5.41) is 0. The molecule has 1 nitrogen and oxygen atoms in total. The zero-order chi connectivity index (χ0) is 18.3. The molecule has 0 N–H and O–H groups in total. The Hall–Kier alpha value is -1.21. The molecule has 0 aromatic rings. The van der Waals surface area contributed by atoms with E-state index in [2.05, 4.69) is 30.6 Å². The van der Waals surface area contributed by atoms with Gasteiger partial charge in [-0.25, -0.2) is 0 Å². The second-order valence-corrected chi connectivity index (χ2v) is 7.01. The molecule has 0 rings (SSSR count). The van der Waals surface area contributed by atoms with Crippen LogP contribution in [0.1, 0.15) is 122 Å². The highest BCUT2D eigenvalue weighted by molar-refractivity contribution is 5.48. The molecule has 0 atom stereocenters. The highest BCUT2D eigenvalue weighted by atomic mass is 16.1. The highest BCUT2D eigenvalue weighted by Gasteiger charge is 1.91. The quantitative estimate of drug-likeness (QED) is 0.154. The molecule has 0 saturated carbocycles. The van der Waals surface area contributed by atoms with Gasteiger partial charge in [0.15, 0.2) is 0 Å². The molecule has 142 valence electrons. The number of unbranched alkanes of at least 4 members (excludes halogenated alkanes) is 16. The van der Waals surface area contributed by atoms with Crippen molar-refractivity contribution in [3.8, 4) is 23.7 Å². The van der Waals surface area contributed by atoms with Crippen LogP contribution in [0, 0.1) is 23.7 Å². The van der Waals surface area contributed by atoms with Crippen LogP contribution in [-0.2, 0) is 4.79 Å². The van der Waals surface area contributed by atoms with E-state index in [0.717, 1.165) is 32.0 Å². The molecule has 0 saturated heterocycles. The minimum absolute atomic E-state index is 0.732. The molecule has 1 heteroatoms. The lowest BCUT2D eigenvalue weighted by molar-refractivity contribution is -0.107. The Morgan fingerprint density at radius 3 is 1.40 bits per heavy atom. The van der Waals surface area contributed by atoms with Gasteiger partial charge < -0.3 is 4.79 Å². The zero-order valence-electron chi connectivity index (χ0n) is 16.7. The van der Waals surface area contributed by atoms with Crippen molar-refractivity contribution in [2.75, 3.05) is 0 Å². The van der Waals surface area contributed by atoms with E-state index in [4.69, 9.17) is 0 Å². The van der Waals surface area contributed by atoms with Crippen LogP contribution in [0.2, 0.25) is 0 Å². The molecule has 0 aliphatic rings. The summed E-state index contributed by atoms with van der Waals surface area (Å²) >= 11 is 0. The maximum Gasteiger partial charge on any atom is 0.119 e. The van der Waals surface area contributed by atoms with E-state index in [0.29, 0.717) is 0 Å². The summed E-state index contributed by atoms with van der Waals surface area (Å²) in [6, 6.07) is 0. The van der Waals surface area contributed by atoms with Crippen LogP contribution < -0.4 is 0 Å². The van der Waals surface area contributed by atoms with Crippen molar-refractivity contribution in [3.05, 3.63) is 0 Å². The molecule has 0 amide bonds. The average molecular weight is 345 g/mol. The van der Waals surface area contributed by atoms with Crippen LogP contribution in [0.15, 0.2) is 0 Å². The Morgan fingerprint density at radius 1 is 0.560 bits per heavy atom. The fourth-order valence-corrected chi connectivity index (χ4v) is 2.89. The van der Waals surface area contributed by atoms with Gasteiger partial charge in [0.2, 0.25) is 0 Å². The fraction of sp³-hybridized carbons (Fsp3) is 0.792. The summed E-state index contributed by atoms with van der Waals surface area (Å²) < 4.78 is 0. The molecule has 0 spiro atoms. The SMILES string of the molecule is CCCCCCCCCCC#CC#CCCCCCCCCCC=O. The lowest BCUT2D eigenvalue weighted by atomic mass is 10.1. The fourth-order valence-electron chi connectivity index (χ4n) is 2.89. The summed E-state index contributed by atoms with van der Waals surface area (Å²) in [7, 11) is 0. The summed E-state index contributed by atoms with van der Waals surface area (Å²) in [6.07, 6.45) is 23.2. The second-order valence-electron chi connectivity index (χ2n) is 7.01. The first-order valence-corrected chi connectivity index (χ1v) is 10.8. The molecule has 0 unspecified atom stereocenters. The van der Waals surface area contributed by atoms with E-state index in [1.807, 2.05) is 0 Å². The van der Waals surface area contributed by atoms with Gasteiger partial charge in [-0.15, -0.1) is 0 Å².